The number of nitrogens with zero attached hydrogens (tertiary/aromatic N) is 5. The minimum atomic E-state index is -0.446. The monoisotopic (exact) mass is 440 g/mol. The van der Waals surface area contributed by atoms with Gasteiger partial charge >= 0.3 is 0 Å². The standard InChI is InChI=1S/C22H25ClN6O2/c1-14-16(23)10-15(13-25-14)11-22(6-2-3-7-29(22)24)12-18-21(31)28-9-8-27-19(30)5-4-17(26-18)20(27)28/h4-5,10,13H,2-3,6-9,11-12,24H2,1H3/t22-/m1/s1. The summed E-state index contributed by atoms with van der Waals surface area (Å²) in [6.45, 7) is 3.62. The van der Waals surface area contributed by atoms with Gasteiger partial charge in [0, 0.05) is 43.9 Å². The number of pyridine rings is 2. The summed E-state index contributed by atoms with van der Waals surface area (Å²) in [5, 5.41) is 2.50. The fourth-order valence-corrected chi connectivity index (χ4v) is 5.20. The first-order valence-corrected chi connectivity index (χ1v) is 11.0. The van der Waals surface area contributed by atoms with Crippen LogP contribution in [0.25, 0.3) is 11.2 Å². The van der Waals surface area contributed by atoms with Crippen molar-refractivity contribution in [3.8, 4) is 0 Å². The molecule has 0 unspecified atom stereocenters. The normalized spacial score (nSPS) is 21.1. The molecule has 0 amide bonds. The predicted octanol–water partition coefficient (Wildman–Crippen LogP) is 1.81. The summed E-state index contributed by atoms with van der Waals surface area (Å²) in [6, 6.07) is 5.16. The lowest BCUT2D eigenvalue weighted by atomic mass is 9.79. The van der Waals surface area contributed by atoms with Crippen molar-refractivity contribution in [3.05, 3.63) is 67.1 Å². The molecule has 2 aliphatic rings. The van der Waals surface area contributed by atoms with E-state index in [0.29, 0.717) is 47.8 Å². The molecule has 0 radical (unpaired) electrons. The Balaban J connectivity index is 1.59. The smallest absolute Gasteiger partial charge is 0.273 e. The Morgan fingerprint density at radius 2 is 1.94 bits per heavy atom. The van der Waals surface area contributed by atoms with Crippen molar-refractivity contribution >= 4 is 22.8 Å². The molecular weight excluding hydrogens is 416 g/mol. The van der Waals surface area contributed by atoms with E-state index in [9.17, 15) is 9.59 Å². The average Bonchev–Trinajstić information content (AvgIpc) is 3.20. The average molecular weight is 441 g/mol. The highest BCUT2D eigenvalue weighted by Crippen LogP contribution is 2.33. The number of hydrogen-bond acceptors (Lipinski definition) is 6. The van der Waals surface area contributed by atoms with E-state index in [0.717, 1.165) is 37.1 Å². The summed E-state index contributed by atoms with van der Waals surface area (Å²) in [6.07, 6.45) is 5.81. The van der Waals surface area contributed by atoms with E-state index < -0.39 is 5.54 Å². The molecular formula is C22H25ClN6O2. The molecule has 0 aliphatic carbocycles. The van der Waals surface area contributed by atoms with Crippen LogP contribution in [0.4, 0.5) is 0 Å². The summed E-state index contributed by atoms with van der Waals surface area (Å²) in [4.78, 5) is 34.6. The van der Waals surface area contributed by atoms with Crippen molar-refractivity contribution in [1.82, 2.24) is 24.1 Å². The third kappa shape index (κ3) is 3.39. The van der Waals surface area contributed by atoms with Crippen LogP contribution in [0.2, 0.25) is 5.02 Å². The van der Waals surface area contributed by atoms with Gasteiger partial charge in [-0.3, -0.25) is 29.5 Å². The van der Waals surface area contributed by atoms with Gasteiger partial charge in [0.05, 0.1) is 10.7 Å². The van der Waals surface area contributed by atoms with Crippen LogP contribution in [0, 0.1) is 6.92 Å². The van der Waals surface area contributed by atoms with Gasteiger partial charge in [-0.1, -0.05) is 18.0 Å². The Morgan fingerprint density at radius 1 is 1.13 bits per heavy atom. The van der Waals surface area contributed by atoms with Crippen molar-refractivity contribution in [2.45, 2.75) is 57.7 Å². The number of piperidine rings is 1. The van der Waals surface area contributed by atoms with Gasteiger partial charge in [0.25, 0.3) is 11.1 Å². The molecule has 3 aromatic heterocycles. The van der Waals surface area contributed by atoms with Crippen molar-refractivity contribution in [2.24, 2.45) is 5.84 Å². The third-order valence-electron chi connectivity index (χ3n) is 6.70. The molecule has 3 aromatic rings. The van der Waals surface area contributed by atoms with Crippen molar-refractivity contribution in [3.63, 3.8) is 0 Å². The van der Waals surface area contributed by atoms with Crippen LogP contribution in [0.5, 0.6) is 0 Å². The second-order valence-electron chi connectivity index (χ2n) is 8.69. The maximum Gasteiger partial charge on any atom is 0.273 e. The van der Waals surface area contributed by atoms with Gasteiger partial charge in [-0.05, 0) is 43.9 Å². The minimum absolute atomic E-state index is 0.103. The molecule has 8 nitrogen and oxygen atoms in total. The second-order valence-corrected chi connectivity index (χ2v) is 9.09. The molecule has 0 aromatic carbocycles. The number of hydrogen-bond donors (Lipinski definition) is 1. The first kappa shape index (κ1) is 20.4. The molecule has 0 saturated carbocycles. The maximum absolute atomic E-state index is 13.3. The molecule has 5 heterocycles. The first-order chi connectivity index (χ1) is 14.9. The van der Waals surface area contributed by atoms with E-state index in [1.54, 1.807) is 15.2 Å². The van der Waals surface area contributed by atoms with Crippen molar-refractivity contribution in [2.75, 3.05) is 6.54 Å². The number of nitrogens with two attached hydrogens (primary N) is 1. The Kier molecular flexibility index (Phi) is 4.96. The van der Waals surface area contributed by atoms with Crippen molar-refractivity contribution in [1.29, 1.82) is 0 Å². The molecule has 9 heteroatoms. The van der Waals surface area contributed by atoms with Gasteiger partial charge in [0.1, 0.15) is 16.9 Å². The van der Waals surface area contributed by atoms with Crippen molar-refractivity contribution < 1.29 is 0 Å². The van der Waals surface area contributed by atoms with E-state index in [2.05, 4.69) is 4.98 Å². The second kappa shape index (κ2) is 7.55. The van der Waals surface area contributed by atoms with Gasteiger partial charge in [-0.25, -0.2) is 9.99 Å². The molecule has 1 fully saturated rings. The molecule has 0 bridgehead atoms. The van der Waals surface area contributed by atoms with E-state index in [1.807, 2.05) is 24.2 Å². The largest absolute Gasteiger partial charge is 0.291 e. The highest BCUT2D eigenvalue weighted by atomic mass is 35.5. The zero-order valence-corrected chi connectivity index (χ0v) is 18.2. The summed E-state index contributed by atoms with van der Waals surface area (Å²) in [5.41, 5.74) is 2.86. The minimum Gasteiger partial charge on any atom is -0.291 e. The summed E-state index contributed by atoms with van der Waals surface area (Å²) in [7, 11) is 0. The van der Waals surface area contributed by atoms with Crippen LogP contribution in [0.3, 0.4) is 0 Å². The van der Waals surface area contributed by atoms with Crippen LogP contribution < -0.4 is 17.0 Å². The van der Waals surface area contributed by atoms with Crippen LogP contribution in [-0.4, -0.2) is 36.2 Å². The Labute approximate surface area is 184 Å². The van der Waals surface area contributed by atoms with Gasteiger partial charge in [0.15, 0.2) is 0 Å². The van der Waals surface area contributed by atoms with Gasteiger partial charge in [0.2, 0.25) is 0 Å². The molecule has 1 saturated heterocycles. The number of aromatic nitrogens is 4. The molecule has 2 N–H and O–H groups in total. The fourth-order valence-electron chi connectivity index (χ4n) is 5.01. The summed E-state index contributed by atoms with van der Waals surface area (Å²) >= 11 is 6.32. The number of halogens is 1. The zero-order valence-electron chi connectivity index (χ0n) is 17.5. The summed E-state index contributed by atoms with van der Waals surface area (Å²) < 4.78 is 3.31. The molecule has 2 aliphatic heterocycles. The van der Waals surface area contributed by atoms with E-state index in [-0.39, 0.29) is 11.1 Å². The highest BCUT2D eigenvalue weighted by molar-refractivity contribution is 6.31. The predicted molar refractivity (Wildman–Crippen MR) is 119 cm³/mol. The van der Waals surface area contributed by atoms with E-state index >= 15 is 0 Å². The van der Waals surface area contributed by atoms with E-state index in [1.165, 1.54) is 6.07 Å². The third-order valence-corrected chi connectivity index (χ3v) is 7.08. The number of aryl methyl sites for hydroxylation is 3. The van der Waals surface area contributed by atoms with E-state index in [4.69, 9.17) is 22.4 Å². The van der Waals surface area contributed by atoms with Crippen LogP contribution in [0.1, 0.15) is 36.2 Å². The number of hydrazine groups is 1. The lowest BCUT2D eigenvalue weighted by Crippen LogP contribution is -2.59. The SMILES string of the molecule is Cc1ncc(C[C@@]2(Cc3nc4ccc(=O)n5c4n(c3=O)CC5)CCCCN2N)cc1Cl. The Bertz CT molecular complexity index is 1300. The molecule has 0 spiro atoms. The molecule has 31 heavy (non-hydrogen) atoms. The zero-order chi connectivity index (χ0) is 21.8. The quantitative estimate of drug-likeness (QED) is 0.621. The van der Waals surface area contributed by atoms with Gasteiger partial charge in [-0.15, -0.1) is 0 Å². The highest BCUT2D eigenvalue weighted by Gasteiger charge is 2.39. The number of rotatable bonds is 4. The first-order valence-electron chi connectivity index (χ1n) is 10.6. The van der Waals surface area contributed by atoms with Gasteiger partial charge in [-0.2, -0.15) is 0 Å². The summed E-state index contributed by atoms with van der Waals surface area (Å²) in [5.74, 6) is 6.54. The Morgan fingerprint density at radius 3 is 2.71 bits per heavy atom. The van der Waals surface area contributed by atoms with Gasteiger partial charge < -0.3 is 0 Å². The Hall–Kier alpha value is -2.55. The molecule has 162 valence electrons. The maximum atomic E-state index is 13.3. The molecule has 1 atom stereocenters. The van der Waals surface area contributed by atoms with Crippen LogP contribution in [0.15, 0.2) is 34.0 Å². The lowest BCUT2D eigenvalue weighted by molar-refractivity contribution is 0.0444. The molecule has 5 rings (SSSR count). The van der Waals surface area contributed by atoms with Crippen LogP contribution >= 0.6 is 11.6 Å². The fraction of sp³-hybridized carbons (Fsp3) is 0.455. The topological polar surface area (TPSA) is 99.0 Å². The van der Waals surface area contributed by atoms with Crippen LogP contribution in [-0.2, 0) is 25.9 Å². The lowest BCUT2D eigenvalue weighted by Gasteiger charge is -2.45.